The summed E-state index contributed by atoms with van der Waals surface area (Å²) in [4.78, 5) is 9.89. The highest BCUT2D eigenvalue weighted by Gasteiger charge is 2.19. The molecule has 0 bridgehead atoms. The van der Waals surface area contributed by atoms with Crippen LogP contribution in [0.1, 0.15) is 17.2 Å². The predicted octanol–water partition coefficient (Wildman–Crippen LogP) is 1.16. The Kier molecular flexibility index (Phi) is 5.70. The number of rotatable bonds is 7. The summed E-state index contributed by atoms with van der Waals surface area (Å²) in [5, 5.41) is 20.2. The molecule has 0 saturated carbocycles. The Bertz CT molecular complexity index is 392. The molecule has 0 saturated heterocycles. The number of hydrogen-bond donors (Lipinski definition) is 1. The molecule has 1 unspecified atom stereocenters. The number of nitro groups is 1. The zero-order valence-corrected chi connectivity index (χ0v) is 10.4. The van der Waals surface area contributed by atoms with Crippen LogP contribution >= 0.6 is 0 Å². The second-order valence-corrected chi connectivity index (χ2v) is 3.84. The molecule has 100 valence electrons. The van der Waals surface area contributed by atoms with E-state index < -0.39 is 23.9 Å². The van der Waals surface area contributed by atoms with Gasteiger partial charge in [-0.3, -0.25) is 10.1 Å². The van der Waals surface area contributed by atoms with Crippen molar-refractivity contribution in [2.45, 2.75) is 18.8 Å². The summed E-state index contributed by atoms with van der Waals surface area (Å²) in [5.74, 6) is 0. The van der Waals surface area contributed by atoms with Gasteiger partial charge in [-0.2, -0.15) is 0 Å². The van der Waals surface area contributed by atoms with Gasteiger partial charge in [0.15, 0.2) is 6.29 Å². The van der Waals surface area contributed by atoms with Gasteiger partial charge in [-0.15, -0.1) is 0 Å². The van der Waals surface area contributed by atoms with Crippen LogP contribution in [0.25, 0.3) is 0 Å². The Morgan fingerprint density at radius 3 is 2.50 bits per heavy atom. The second kappa shape index (κ2) is 7.05. The Balaban J connectivity index is 2.88. The zero-order chi connectivity index (χ0) is 13.5. The van der Waals surface area contributed by atoms with Gasteiger partial charge in [0.25, 0.3) is 0 Å². The van der Waals surface area contributed by atoms with Gasteiger partial charge in [-0.05, 0) is 11.1 Å². The van der Waals surface area contributed by atoms with E-state index in [-0.39, 0.29) is 0 Å². The van der Waals surface area contributed by atoms with Crippen LogP contribution in [-0.2, 0) is 15.9 Å². The summed E-state index contributed by atoms with van der Waals surface area (Å²) >= 11 is 0. The van der Waals surface area contributed by atoms with E-state index in [2.05, 4.69) is 0 Å². The average molecular weight is 255 g/mol. The average Bonchev–Trinajstić information content (AvgIpc) is 2.35. The van der Waals surface area contributed by atoms with Gasteiger partial charge in [0.2, 0.25) is 6.54 Å². The molecule has 0 heterocycles. The van der Waals surface area contributed by atoms with E-state index in [1.165, 1.54) is 14.2 Å². The van der Waals surface area contributed by atoms with E-state index in [1.807, 2.05) is 0 Å². The van der Waals surface area contributed by atoms with Crippen molar-refractivity contribution in [3.63, 3.8) is 0 Å². The molecule has 1 aromatic carbocycles. The maximum Gasteiger partial charge on any atom is 0.233 e. The van der Waals surface area contributed by atoms with Crippen molar-refractivity contribution >= 4 is 0 Å². The van der Waals surface area contributed by atoms with Crippen molar-refractivity contribution in [2.75, 3.05) is 20.8 Å². The minimum atomic E-state index is -1.12. The number of aliphatic hydroxyl groups excluding tert-OH is 1. The van der Waals surface area contributed by atoms with Gasteiger partial charge in [-0.1, -0.05) is 24.3 Å². The van der Waals surface area contributed by atoms with Crippen LogP contribution in [0.3, 0.4) is 0 Å². The molecule has 1 rings (SSSR count). The number of methoxy groups -OCH3 is 2. The van der Waals surface area contributed by atoms with Gasteiger partial charge in [0.1, 0.15) is 6.10 Å². The second-order valence-electron chi connectivity index (χ2n) is 3.84. The SMILES string of the molecule is COC(Cc1ccccc1C(O)C[N+](=O)[O-])OC. The molecule has 0 aliphatic rings. The van der Waals surface area contributed by atoms with Crippen molar-refractivity contribution < 1.29 is 19.5 Å². The van der Waals surface area contributed by atoms with E-state index >= 15 is 0 Å². The molecule has 6 heteroatoms. The fourth-order valence-electron chi connectivity index (χ4n) is 1.73. The first-order chi connectivity index (χ1) is 8.58. The fraction of sp³-hybridized carbons (Fsp3) is 0.500. The first kappa shape index (κ1) is 14.6. The highest BCUT2D eigenvalue weighted by atomic mass is 16.7. The molecule has 6 nitrogen and oxygen atoms in total. The van der Waals surface area contributed by atoms with Gasteiger partial charge in [-0.25, -0.2) is 0 Å². The van der Waals surface area contributed by atoms with Crippen LogP contribution in [-0.4, -0.2) is 37.1 Å². The van der Waals surface area contributed by atoms with Crippen molar-refractivity contribution in [1.29, 1.82) is 0 Å². The zero-order valence-electron chi connectivity index (χ0n) is 10.4. The molecule has 0 aliphatic carbocycles. The number of aliphatic hydroxyl groups is 1. The number of nitrogens with zero attached hydrogens (tertiary/aromatic N) is 1. The number of ether oxygens (including phenoxy) is 2. The highest BCUT2D eigenvalue weighted by Crippen LogP contribution is 2.20. The Hall–Kier alpha value is -1.50. The quantitative estimate of drug-likeness (QED) is 0.449. The number of hydrogen-bond acceptors (Lipinski definition) is 5. The van der Waals surface area contributed by atoms with E-state index in [9.17, 15) is 15.2 Å². The van der Waals surface area contributed by atoms with Gasteiger partial charge in [0, 0.05) is 25.6 Å². The van der Waals surface area contributed by atoms with Crippen molar-refractivity contribution in [1.82, 2.24) is 0 Å². The van der Waals surface area contributed by atoms with E-state index in [4.69, 9.17) is 9.47 Å². The largest absolute Gasteiger partial charge is 0.382 e. The molecule has 1 N–H and O–H groups in total. The van der Waals surface area contributed by atoms with Crippen molar-refractivity contribution in [3.05, 3.63) is 45.5 Å². The maximum absolute atomic E-state index is 10.4. The topological polar surface area (TPSA) is 81.8 Å². The minimum absolute atomic E-state index is 0.429. The summed E-state index contributed by atoms with van der Waals surface area (Å²) in [6, 6.07) is 7.01. The van der Waals surface area contributed by atoms with Crippen molar-refractivity contribution in [3.8, 4) is 0 Å². The van der Waals surface area contributed by atoms with Crippen LogP contribution in [0, 0.1) is 10.1 Å². The van der Waals surface area contributed by atoms with Gasteiger partial charge >= 0.3 is 0 Å². The summed E-state index contributed by atoms with van der Waals surface area (Å²) in [7, 11) is 3.04. The molecule has 0 radical (unpaired) electrons. The molecular weight excluding hydrogens is 238 g/mol. The lowest BCUT2D eigenvalue weighted by atomic mass is 9.99. The molecule has 0 aromatic heterocycles. The van der Waals surface area contributed by atoms with Crippen LogP contribution in [0.5, 0.6) is 0 Å². The smallest absolute Gasteiger partial charge is 0.233 e. The molecule has 0 spiro atoms. The first-order valence-electron chi connectivity index (χ1n) is 5.51. The van der Waals surface area contributed by atoms with Crippen LogP contribution < -0.4 is 0 Å². The summed E-state index contributed by atoms with van der Waals surface area (Å²) in [6.45, 7) is -0.512. The Labute approximate surface area is 105 Å². The molecule has 1 aromatic rings. The summed E-state index contributed by atoms with van der Waals surface area (Å²) < 4.78 is 10.2. The Morgan fingerprint density at radius 1 is 1.33 bits per heavy atom. The summed E-state index contributed by atoms with van der Waals surface area (Å²) in [5.41, 5.74) is 1.31. The molecule has 0 fully saturated rings. The lowest BCUT2D eigenvalue weighted by Gasteiger charge is -2.17. The van der Waals surface area contributed by atoms with E-state index in [0.717, 1.165) is 5.56 Å². The van der Waals surface area contributed by atoms with E-state index in [0.29, 0.717) is 12.0 Å². The molecule has 18 heavy (non-hydrogen) atoms. The molecule has 0 amide bonds. The Morgan fingerprint density at radius 2 is 1.94 bits per heavy atom. The predicted molar refractivity (Wildman–Crippen MR) is 64.8 cm³/mol. The molecule has 0 aliphatic heterocycles. The third kappa shape index (κ3) is 4.06. The third-order valence-corrected chi connectivity index (χ3v) is 2.65. The monoisotopic (exact) mass is 255 g/mol. The van der Waals surface area contributed by atoms with Crippen LogP contribution in [0.15, 0.2) is 24.3 Å². The summed E-state index contributed by atoms with van der Waals surface area (Å²) in [6.07, 6.45) is -1.13. The van der Waals surface area contributed by atoms with Crippen LogP contribution in [0.4, 0.5) is 0 Å². The number of benzene rings is 1. The van der Waals surface area contributed by atoms with Crippen LogP contribution in [0.2, 0.25) is 0 Å². The molecule has 1 atom stereocenters. The maximum atomic E-state index is 10.4. The first-order valence-corrected chi connectivity index (χ1v) is 5.51. The van der Waals surface area contributed by atoms with Crippen molar-refractivity contribution in [2.24, 2.45) is 0 Å². The lowest BCUT2D eigenvalue weighted by Crippen LogP contribution is -2.19. The lowest BCUT2D eigenvalue weighted by molar-refractivity contribution is -0.491. The fourth-order valence-corrected chi connectivity index (χ4v) is 1.73. The third-order valence-electron chi connectivity index (χ3n) is 2.65. The minimum Gasteiger partial charge on any atom is -0.382 e. The highest BCUT2D eigenvalue weighted by molar-refractivity contribution is 5.29. The normalized spacial score (nSPS) is 12.7. The van der Waals surface area contributed by atoms with Gasteiger partial charge < -0.3 is 14.6 Å². The van der Waals surface area contributed by atoms with E-state index in [1.54, 1.807) is 24.3 Å². The molecular formula is C12H17NO5. The standard InChI is InChI=1S/C12H17NO5/c1-17-12(18-2)7-9-5-3-4-6-10(9)11(14)8-13(15)16/h3-6,11-12,14H,7-8H2,1-2H3. The van der Waals surface area contributed by atoms with Gasteiger partial charge in [0.05, 0.1) is 0 Å².